The number of Topliss-reactive ketones (excluding diaryl/α,β-unsaturated/α-hetero) is 1. The van der Waals surface area contributed by atoms with Crippen molar-refractivity contribution in [1.82, 2.24) is 14.8 Å². The molecule has 0 atom stereocenters. The van der Waals surface area contributed by atoms with Crippen molar-refractivity contribution in [3.63, 3.8) is 0 Å². The van der Waals surface area contributed by atoms with Crippen LogP contribution in [-0.2, 0) is 11.2 Å². The molecular formula is C14H23N3O. The first-order chi connectivity index (χ1) is 8.53. The van der Waals surface area contributed by atoms with Crippen LogP contribution in [0.25, 0.3) is 0 Å². The summed E-state index contributed by atoms with van der Waals surface area (Å²) in [7, 11) is 0. The number of hydrogen-bond acceptors (Lipinski definition) is 3. The van der Waals surface area contributed by atoms with Gasteiger partial charge in [0.25, 0.3) is 0 Å². The molecule has 1 aliphatic carbocycles. The molecule has 2 rings (SSSR count). The van der Waals surface area contributed by atoms with Crippen LogP contribution in [0.1, 0.15) is 64.7 Å². The Kier molecular flexibility index (Phi) is 3.83. The lowest BCUT2D eigenvalue weighted by molar-refractivity contribution is -0.129. The van der Waals surface area contributed by atoms with Gasteiger partial charge in [0.2, 0.25) is 0 Å². The van der Waals surface area contributed by atoms with Crippen molar-refractivity contribution in [3.8, 4) is 0 Å². The minimum atomic E-state index is -0.133. The van der Waals surface area contributed by atoms with Crippen LogP contribution in [-0.4, -0.2) is 20.5 Å². The van der Waals surface area contributed by atoms with E-state index in [1.165, 1.54) is 19.3 Å². The minimum absolute atomic E-state index is 0.133. The van der Waals surface area contributed by atoms with Crippen molar-refractivity contribution in [1.29, 1.82) is 0 Å². The molecule has 0 bridgehead atoms. The molecular weight excluding hydrogens is 226 g/mol. The Labute approximate surface area is 109 Å². The summed E-state index contributed by atoms with van der Waals surface area (Å²) >= 11 is 0. The van der Waals surface area contributed by atoms with E-state index in [2.05, 4.69) is 30.9 Å². The summed E-state index contributed by atoms with van der Waals surface area (Å²) in [4.78, 5) is 16.7. The van der Waals surface area contributed by atoms with E-state index in [1.54, 1.807) is 6.33 Å². The fraction of sp³-hybridized carbons (Fsp3) is 0.786. The number of carbonyl (C=O) groups is 1. The quantitative estimate of drug-likeness (QED) is 0.824. The van der Waals surface area contributed by atoms with Crippen LogP contribution in [0.4, 0.5) is 0 Å². The van der Waals surface area contributed by atoms with Crippen molar-refractivity contribution in [2.24, 2.45) is 5.41 Å². The van der Waals surface area contributed by atoms with Gasteiger partial charge in [-0.3, -0.25) is 4.79 Å². The van der Waals surface area contributed by atoms with Gasteiger partial charge in [-0.15, -0.1) is 0 Å². The van der Waals surface area contributed by atoms with Gasteiger partial charge in [0, 0.05) is 11.5 Å². The third-order valence-corrected chi connectivity index (χ3v) is 4.09. The van der Waals surface area contributed by atoms with Gasteiger partial charge in [-0.05, 0) is 26.7 Å². The number of carbonyl (C=O) groups excluding carboxylic acids is 1. The molecule has 100 valence electrons. The van der Waals surface area contributed by atoms with Gasteiger partial charge >= 0.3 is 0 Å². The Balaban J connectivity index is 2.08. The molecule has 1 fully saturated rings. The van der Waals surface area contributed by atoms with E-state index in [0.717, 1.165) is 18.7 Å². The summed E-state index contributed by atoms with van der Waals surface area (Å²) < 4.78 is 1.85. The molecule has 0 saturated heterocycles. The Bertz CT molecular complexity index is 416. The molecule has 1 heterocycles. The van der Waals surface area contributed by atoms with E-state index < -0.39 is 0 Å². The van der Waals surface area contributed by atoms with Crippen molar-refractivity contribution in [3.05, 3.63) is 12.2 Å². The first kappa shape index (κ1) is 13.2. The number of ketones is 1. The van der Waals surface area contributed by atoms with Crippen LogP contribution >= 0.6 is 0 Å². The molecule has 0 unspecified atom stereocenters. The van der Waals surface area contributed by atoms with E-state index >= 15 is 0 Å². The SMILES string of the molecule is CC(C)n1ncnc1CC(=O)C1(C)CCCCC1. The molecule has 1 saturated carbocycles. The van der Waals surface area contributed by atoms with Crippen molar-refractivity contribution >= 4 is 5.78 Å². The van der Waals surface area contributed by atoms with Gasteiger partial charge in [0.05, 0.1) is 6.42 Å². The second kappa shape index (κ2) is 5.21. The Morgan fingerprint density at radius 3 is 2.67 bits per heavy atom. The first-order valence-corrected chi connectivity index (χ1v) is 6.94. The summed E-state index contributed by atoms with van der Waals surface area (Å²) in [5.41, 5.74) is -0.133. The molecule has 0 spiro atoms. The number of rotatable bonds is 4. The smallest absolute Gasteiger partial charge is 0.146 e. The van der Waals surface area contributed by atoms with Crippen molar-refractivity contribution in [2.75, 3.05) is 0 Å². The topological polar surface area (TPSA) is 47.8 Å². The van der Waals surface area contributed by atoms with Crippen molar-refractivity contribution in [2.45, 2.75) is 65.3 Å². The van der Waals surface area contributed by atoms with Crippen LogP contribution in [0, 0.1) is 5.41 Å². The van der Waals surface area contributed by atoms with E-state index in [9.17, 15) is 4.79 Å². The second-order valence-corrected chi connectivity index (χ2v) is 5.94. The normalized spacial score (nSPS) is 19.1. The molecule has 0 aromatic carbocycles. The zero-order chi connectivity index (χ0) is 13.2. The third kappa shape index (κ3) is 2.62. The Morgan fingerprint density at radius 1 is 1.39 bits per heavy atom. The van der Waals surface area contributed by atoms with Crippen LogP contribution in [0.15, 0.2) is 6.33 Å². The van der Waals surface area contributed by atoms with Gasteiger partial charge in [0.1, 0.15) is 17.9 Å². The maximum atomic E-state index is 12.5. The summed E-state index contributed by atoms with van der Waals surface area (Å²) in [5, 5.41) is 4.19. The van der Waals surface area contributed by atoms with Crippen LogP contribution in [0.2, 0.25) is 0 Å². The lowest BCUT2D eigenvalue weighted by Gasteiger charge is -2.32. The number of nitrogens with zero attached hydrogens (tertiary/aromatic N) is 3. The molecule has 1 aromatic rings. The summed E-state index contributed by atoms with van der Waals surface area (Å²) in [6.07, 6.45) is 7.66. The fourth-order valence-corrected chi connectivity index (χ4v) is 2.80. The maximum Gasteiger partial charge on any atom is 0.146 e. The zero-order valence-corrected chi connectivity index (χ0v) is 11.6. The average molecular weight is 249 g/mol. The van der Waals surface area contributed by atoms with Gasteiger partial charge in [-0.1, -0.05) is 26.2 Å². The molecule has 18 heavy (non-hydrogen) atoms. The monoisotopic (exact) mass is 249 g/mol. The highest BCUT2D eigenvalue weighted by molar-refractivity contribution is 5.85. The highest BCUT2D eigenvalue weighted by Gasteiger charge is 2.34. The third-order valence-electron chi connectivity index (χ3n) is 4.09. The molecule has 0 N–H and O–H groups in total. The molecule has 1 aromatic heterocycles. The van der Waals surface area contributed by atoms with E-state index in [-0.39, 0.29) is 11.5 Å². The summed E-state index contributed by atoms with van der Waals surface area (Å²) in [6, 6.07) is 0.259. The summed E-state index contributed by atoms with van der Waals surface area (Å²) in [5.74, 6) is 1.14. The number of hydrogen-bond donors (Lipinski definition) is 0. The lowest BCUT2D eigenvalue weighted by Crippen LogP contribution is -2.32. The Hall–Kier alpha value is -1.19. The molecule has 0 radical (unpaired) electrons. The predicted octanol–water partition coefficient (Wildman–Crippen LogP) is 2.94. The first-order valence-electron chi connectivity index (χ1n) is 6.94. The second-order valence-electron chi connectivity index (χ2n) is 5.94. The molecule has 0 amide bonds. The van der Waals surface area contributed by atoms with Crippen LogP contribution in [0.5, 0.6) is 0 Å². The van der Waals surface area contributed by atoms with Crippen LogP contribution < -0.4 is 0 Å². The van der Waals surface area contributed by atoms with Crippen molar-refractivity contribution < 1.29 is 4.79 Å². The molecule has 1 aliphatic rings. The lowest BCUT2D eigenvalue weighted by atomic mass is 9.72. The van der Waals surface area contributed by atoms with Gasteiger partial charge < -0.3 is 0 Å². The van der Waals surface area contributed by atoms with Gasteiger partial charge in [-0.25, -0.2) is 9.67 Å². The molecule has 4 heteroatoms. The predicted molar refractivity (Wildman–Crippen MR) is 70.3 cm³/mol. The highest BCUT2D eigenvalue weighted by Crippen LogP contribution is 2.37. The molecule has 0 aliphatic heterocycles. The zero-order valence-electron chi connectivity index (χ0n) is 11.6. The van der Waals surface area contributed by atoms with Gasteiger partial charge in [-0.2, -0.15) is 5.10 Å². The fourth-order valence-electron chi connectivity index (χ4n) is 2.80. The van der Waals surface area contributed by atoms with E-state index in [4.69, 9.17) is 0 Å². The Morgan fingerprint density at radius 2 is 2.06 bits per heavy atom. The largest absolute Gasteiger partial charge is 0.299 e. The van der Waals surface area contributed by atoms with Gasteiger partial charge in [0.15, 0.2) is 0 Å². The highest BCUT2D eigenvalue weighted by atomic mass is 16.1. The number of aromatic nitrogens is 3. The van der Waals surface area contributed by atoms with E-state index in [0.29, 0.717) is 12.2 Å². The van der Waals surface area contributed by atoms with E-state index in [1.807, 2.05) is 4.68 Å². The summed E-state index contributed by atoms with van der Waals surface area (Å²) in [6.45, 7) is 6.24. The van der Waals surface area contributed by atoms with Crippen LogP contribution in [0.3, 0.4) is 0 Å². The average Bonchev–Trinajstić information content (AvgIpc) is 2.78. The molecule has 4 nitrogen and oxygen atoms in total. The standard InChI is InChI=1S/C14H23N3O/c1-11(2)17-13(15-10-16-17)9-12(18)14(3)7-5-4-6-8-14/h10-11H,4-9H2,1-3H3. The maximum absolute atomic E-state index is 12.5. The minimum Gasteiger partial charge on any atom is -0.299 e.